The van der Waals surface area contributed by atoms with E-state index in [1.54, 1.807) is 0 Å². The Kier molecular flexibility index (Phi) is 5.72. The molecule has 0 aliphatic carbocycles. The molecule has 0 aliphatic heterocycles. The van der Waals surface area contributed by atoms with Gasteiger partial charge >= 0.3 is 5.97 Å². The molecule has 0 saturated heterocycles. The van der Waals surface area contributed by atoms with Gasteiger partial charge < -0.3 is 5.11 Å². The van der Waals surface area contributed by atoms with Gasteiger partial charge in [-0.3, -0.25) is 9.48 Å². The van der Waals surface area contributed by atoms with E-state index in [0.29, 0.717) is 5.75 Å². The van der Waals surface area contributed by atoms with Crippen LogP contribution < -0.4 is 0 Å². The fraction of sp³-hybridized carbons (Fsp3) is 0.667. The molecule has 4 nitrogen and oxygen atoms in total. The summed E-state index contributed by atoms with van der Waals surface area (Å²) in [5.74, 6) is 0.0282. The minimum atomic E-state index is -0.745. The molecular formula is C12H19BrN2O2S. The average molecular weight is 335 g/mol. The Hall–Kier alpha value is -0.490. The fourth-order valence-electron chi connectivity index (χ4n) is 1.72. The van der Waals surface area contributed by atoms with Crippen LogP contribution in [0.1, 0.15) is 32.2 Å². The van der Waals surface area contributed by atoms with Crippen LogP contribution in [0.4, 0.5) is 0 Å². The number of carbonyl (C=O) groups is 1. The topological polar surface area (TPSA) is 55.1 Å². The van der Waals surface area contributed by atoms with Crippen molar-refractivity contribution in [2.75, 3.05) is 0 Å². The van der Waals surface area contributed by atoms with Gasteiger partial charge in [0, 0.05) is 12.3 Å². The summed E-state index contributed by atoms with van der Waals surface area (Å²) in [4.78, 5) is 11.2. The SMILES string of the molecule is CCn1nc(C)c(Br)c1CSC(C(=O)O)C(C)C. The van der Waals surface area contributed by atoms with Crippen LogP contribution in [0.15, 0.2) is 4.47 Å². The first-order chi connectivity index (χ1) is 8.38. The molecule has 1 aromatic rings. The zero-order valence-electron chi connectivity index (χ0n) is 11.1. The molecule has 0 radical (unpaired) electrons. The molecule has 0 saturated carbocycles. The van der Waals surface area contributed by atoms with Crippen molar-refractivity contribution in [3.63, 3.8) is 0 Å². The summed E-state index contributed by atoms with van der Waals surface area (Å²) >= 11 is 4.98. The van der Waals surface area contributed by atoms with Gasteiger partial charge in [0.2, 0.25) is 0 Å². The number of rotatable bonds is 6. The molecule has 1 rings (SSSR count). The third-order valence-electron chi connectivity index (χ3n) is 2.70. The highest BCUT2D eigenvalue weighted by molar-refractivity contribution is 9.10. The molecule has 1 N–H and O–H groups in total. The molecule has 6 heteroatoms. The van der Waals surface area contributed by atoms with Crippen molar-refractivity contribution in [1.82, 2.24) is 9.78 Å². The first-order valence-corrected chi connectivity index (χ1v) is 7.78. The van der Waals surface area contributed by atoms with Gasteiger partial charge in [-0.25, -0.2) is 0 Å². The highest BCUT2D eigenvalue weighted by atomic mass is 79.9. The Morgan fingerprint density at radius 1 is 1.56 bits per heavy atom. The number of aliphatic carboxylic acids is 1. The van der Waals surface area contributed by atoms with E-state index in [1.807, 2.05) is 32.4 Å². The maximum Gasteiger partial charge on any atom is 0.316 e. The zero-order chi connectivity index (χ0) is 13.9. The highest BCUT2D eigenvalue weighted by Crippen LogP contribution is 2.29. The lowest BCUT2D eigenvalue weighted by atomic mass is 10.1. The Bertz CT molecular complexity index is 432. The van der Waals surface area contributed by atoms with Crippen LogP contribution in [0.2, 0.25) is 0 Å². The molecule has 1 heterocycles. The summed E-state index contributed by atoms with van der Waals surface area (Å²) in [6.07, 6.45) is 0. The normalized spacial score (nSPS) is 13.0. The lowest BCUT2D eigenvalue weighted by Crippen LogP contribution is -2.23. The standard InChI is InChI=1S/C12H19BrN2O2S/c1-5-15-9(10(13)8(4)14-15)6-18-11(7(2)3)12(16)17/h7,11H,5-6H2,1-4H3,(H,16,17). The molecule has 0 spiro atoms. The number of aryl methyl sites for hydroxylation is 2. The summed E-state index contributed by atoms with van der Waals surface area (Å²) in [7, 11) is 0. The summed E-state index contributed by atoms with van der Waals surface area (Å²) in [6.45, 7) is 8.64. The fourth-order valence-corrected chi connectivity index (χ4v) is 3.49. The van der Waals surface area contributed by atoms with E-state index in [0.717, 1.165) is 22.4 Å². The Balaban J connectivity index is 2.82. The maximum absolute atomic E-state index is 11.2. The molecule has 18 heavy (non-hydrogen) atoms. The summed E-state index contributed by atoms with van der Waals surface area (Å²) in [5, 5.41) is 13.2. The van der Waals surface area contributed by atoms with Crippen molar-refractivity contribution < 1.29 is 9.90 Å². The Morgan fingerprint density at radius 2 is 2.17 bits per heavy atom. The van der Waals surface area contributed by atoms with Crippen molar-refractivity contribution in [3.8, 4) is 0 Å². The van der Waals surface area contributed by atoms with E-state index < -0.39 is 5.97 Å². The molecule has 1 unspecified atom stereocenters. The lowest BCUT2D eigenvalue weighted by molar-refractivity contribution is -0.137. The third kappa shape index (κ3) is 3.51. The number of carboxylic acids is 1. The minimum absolute atomic E-state index is 0.116. The van der Waals surface area contributed by atoms with Gasteiger partial charge in [-0.2, -0.15) is 5.10 Å². The summed E-state index contributed by atoms with van der Waals surface area (Å²) in [5.41, 5.74) is 2.01. The maximum atomic E-state index is 11.2. The molecule has 0 aromatic carbocycles. The van der Waals surface area contributed by atoms with E-state index in [9.17, 15) is 4.79 Å². The predicted molar refractivity (Wildman–Crippen MR) is 77.9 cm³/mol. The van der Waals surface area contributed by atoms with Crippen LogP contribution >= 0.6 is 27.7 Å². The smallest absolute Gasteiger partial charge is 0.316 e. The first-order valence-electron chi connectivity index (χ1n) is 5.94. The van der Waals surface area contributed by atoms with Crippen LogP contribution in [0, 0.1) is 12.8 Å². The summed E-state index contributed by atoms with van der Waals surface area (Å²) < 4.78 is 2.91. The molecule has 0 fully saturated rings. The highest BCUT2D eigenvalue weighted by Gasteiger charge is 2.23. The molecule has 0 bridgehead atoms. The minimum Gasteiger partial charge on any atom is -0.480 e. The van der Waals surface area contributed by atoms with Gasteiger partial charge in [-0.15, -0.1) is 11.8 Å². The second kappa shape index (κ2) is 6.61. The number of halogens is 1. The number of hydrogen-bond donors (Lipinski definition) is 1. The summed E-state index contributed by atoms with van der Waals surface area (Å²) in [6, 6.07) is 0. The van der Waals surface area contributed by atoms with Gasteiger partial charge in [-0.05, 0) is 35.7 Å². The third-order valence-corrected chi connectivity index (χ3v) is 5.28. The second-order valence-electron chi connectivity index (χ2n) is 4.48. The number of carboxylic acid groups (broad SMARTS) is 1. The van der Waals surface area contributed by atoms with Crippen LogP contribution in [0.5, 0.6) is 0 Å². The molecule has 1 atom stereocenters. The Labute approximate surface area is 120 Å². The van der Waals surface area contributed by atoms with Gasteiger partial charge in [-0.1, -0.05) is 13.8 Å². The lowest BCUT2D eigenvalue weighted by Gasteiger charge is -2.16. The molecule has 0 amide bonds. The number of aromatic nitrogens is 2. The average Bonchev–Trinajstić information content (AvgIpc) is 2.55. The Morgan fingerprint density at radius 3 is 2.61 bits per heavy atom. The van der Waals surface area contributed by atoms with Crippen LogP contribution in [-0.2, 0) is 17.1 Å². The molecule has 102 valence electrons. The van der Waals surface area contributed by atoms with E-state index in [1.165, 1.54) is 11.8 Å². The number of thioether (sulfide) groups is 1. The molecule has 0 aliphatic rings. The first kappa shape index (κ1) is 15.6. The largest absolute Gasteiger partial charge is 0.480 e. The molecule has 1 aromatic heterocycles. The van der Waals surface area contributed by atoms with Crippen molar-refractivity contribution in [1.29, 1.82) is 0 Å². The van der Waals surface area contributed by atoms with Crippen molar-refractivity contribution in [2.45, 2.75) is 45.2 Å². The van der Waals surface area contributed by atoms with Gasteiger partial charge in [0.15, 0.2) is 0 Å². The van der Waals surface area contributed by atoms with Crippen LogP contribution in [0.3, 0.4) is 0 Å². The van der Waals surface area contributed by atoms with Crippen molar-refractivity contribution >= 4 is 33.7 Å². The van der Waals surface area contributed by atoms with Crippen molar-refractivity contribution in [2.24, 2.45) is 5.92 Å². The van der Waals surface area contributed by atoms with Crippen LogP contribution in [0.25, 0.3) is 0 Å². The number of hydrogen-bond acceptors (Lipinski definition) is 3. The van der Waals surface area contributed by atoms with E-state index >= 15 is 0 Å². The van der Waals surface area contributed by atoms with Crippen molar-refractivity contribution in [3.05, 3.63) is 15.9 Å². The number of nitrogens with zero attached hydrogens (tertiary/aromatic N) is 2. The molecular weight excluding hydrogens is 316 g/mol. The van der Waals surface area contributed by atoms with E-state index in [-0.39, 0.29) is 11.2 Å². The van der Waals surface area contributed by atoms with Gasteiger partial charge in [0.25, 0.3) is 0 Å². The second-order valence-corrected chi connectivity index (χ2v) is 6.40. The predicted octanol–water partition coefficient (Wildman–Crippen LogP) is 3.32. The zero-order valence-corrected chi connectivity index (χ0v) is 13.5. The quantitative estimate of drug-likeness (QED) is 0.866. The monoisotopic (exact) mass is 334 g/mol. The van der Waals surface area contributed by atoms with Gasteiger partial charge in [0.05, 0.1) is 15.9 Å². The van der Waals surface area contributed by atoms with Crippen LogP contribution in [-0.4, -0.2) is 26.1 Å². The van der Waals surface area contributed by atoms with E-state index in [4.69, 9.17) is 5.11 Å². The van der Waals surface area contributed by atoms with Gasteiger partial charge in [0.1, 0.15) is 5.25 Å². The van der Waals surface area contributed by atoms with E-state index in [2.05, 4.69) is 21.0 Å².